The van der Waals surface area contributed by atoms with Crippen LogP contribution in [0.1, 0.15) is 74.0 Å². The summed E-state index contributed by atoms with van der Waals surface area (Å²) in [4.78, 5) is 12.3. The van der Waals surface area contributed by atoms with Crippen molar-refractivity contribution in [3.63, 3.8) is 0 Å². The monoisotopic (exact) mass is 380 g/mol. The van der Waals surface area contributed by atoms with Crippen molar-refractivity contribution in [2.24, 2.45) is 11.0 Å². The lowest BCUT2D eigenvalue weighted by Crippen LogP contribution is -2.21. The van der Waals surface area contributed by atoms with Crippen molar-refractivity contribution < 1.29 is 9.53 Å². The molecule has 2 rings (SSSR count). The maximum Gasteiger partial charge on any atom is 0.271 e. The van der Waals surface area contributed by atoms with Gasteiger partial charge in [-0.2, -0.15) is 5.10 Å². The molecule has 0 spiro atoms. The molecular weight excluding hydrogens is 348 g/mol. The molecule has 0 radical (unpaired) electrons. The summed E-state index contributed by atoms with van der Waals surface area (Å²) in [5.74, 6) is 1.45. The van der Waals surface area contributed by atoms with Crippen molar-refractivity contribution in [1.29, 1.82) is 0 Å². The average molecular weight is 381 g/mol. The van der Waals surface area contributed by atoms with Crippen LogP contribution in [0.2, 0.25) is 0 Å². The topological polar surface area (TPSA) is 50.7 Å². The van der Waals surface area contributed by atoms with Crippen LogP contribution in [0, 0.1) is 12.8 Å². The van der Waals surface area contributed by atoms with E-state index in [2.05, 4.69) is 63.3 Å². The molecule has 0 atom stereocenters. The van der Waals surface area contributed by atoms with Gasteiger partial charge in [-0.15, -0.1) is 0 Å². The van der Waals surface area contributed by atoms with Crippen LogP contribution in [0.25, 0.3) is 0 Å². The highest BCUT2D eigenvalue weighted by Gasteiger charge is 2.10. The van der Waals surface area contributed by atoms with Crippen LogP contribution in [0.15, 0.2) is 47.6 Å². The summed E-state index contributed by atoms with van der Waals surface area (Å²) in [6.45, 7) is 13.0. The summed E-state index contributed by atoms with van der Waals surface area (Å²) in [6, 6.07) is 13.8. The van der Waals surface area contributed by atoms with Gasteiger partial charge >= 0.3 is 0 Å². The lowest BCUT2D eigenvalue weighted by Gasteiger charge is -2.15. The normalized spacial score (nSPS) is 11.8. The molecule has 2 aromatic rings. The number of rotatable bonds is 8. The van der Waals surface area contributed by atoms with Crippen LogP contribution >= 0.6 is 0 Å². The molecule has 0 saturated heterocycles. The number of ether oxygens (including phenoxy) is 1. The van der Waals surface area contributed by atoms with Crippen molar-refractivity contribution in [2.45, 2.75) is 60.5 Å². The Labute approximate surface area is 169 Å². The van der Waals surface area contributed by atoms with E-state index in [9.17, 15) is 4.79 Å². The van der Waals surface area contributed by atoms with Gasteiger partial charge in [-0.25, -0.2) is 5.43 Å². The number of carbonyl (C=O) groups is 1. The molecule has 150 valence electrons. The number of nitrogens with one attached hydrogen (secondary N) is 1. The average Bonchev–Trinajstić information content (AvgIpc) is 2.66. The third kappa shape index (κ3) is 5.95. The molecule has 1 N–H and O–H groups in total. The Morgan fingerprint density at radius 2 is 1.75 bits per heavy atom. The van der Waals surface area contributed by atoms with E-state index in [1.165, 1.54) is 11.1 Å². The Morgan fingerprint density at radius 1 is 1.07 bits per heavy atom. The standard InChI is InChI=1S/C24H32N2O2/c1-7-22(17(4)5)25-26-24(27)20-11-9-19(10-12-20)15-28-23-14-18(6)8-13-21(23)16(2)3/h8-14,16-17H,7,15H2,1-6H3,(H,26,27). The van der Waals surface area contributed by atoms with E-state index in [1.807, 2.05) is 31.2 Å². The fourth-order valence-corrected chi connectivity index (χ4v) is 2.96. The quantitative estimate of drug-likeness (QED) is 0.461. The molecule has 0 bridgehead atoms. The second kappa shape index (κ2) is 10.1. The first kappa shape index (κ1) is 21.7. The van der Waals surface area contributed by atoms with Gasteiger partial charge in [0.15, 0.2) is 0 Å². The van der Waals surface area contributed by atoms with Crippen LogP contribution in [0.4, 0.5) is 0 Å². The summed E-state index contributed by atoms with van der Waals surface area (Å²) >= 11 is 0. The molecule has 0 aliphatic carbocycles. The molecule has 0 fully saturated rings. The predicted octanol–water partition coefficient (Wildman–Crippen LogP) is 5.85. The number of hydrogen-bond donors (Lipinski definition) is 1. The third-order valence-corrected chi connectivity index (χ3v) is 4.73. The SMILES string of the molecule is CCC(=NNC(=O)c1ccc(COc2cc(C)ccc2C(C)C)cc1)C(C)C. The number of hydrazone groups is 1. The lowest BCUT2D eigenvalue weighted by molar-refractivity contribution is 0.0954. The van der Waals surface area contributed by atoms with Crippen molar-refractivity contribution in [1.82, 2.24) is 5.43 Å². The maximum atomic E-state index is 12.3. The molecule has 28 heavy (non-hydrogen) atoms. The number of carbonyl (C=O) groups excluding carboxylic acids is 1. The van der Waals surface area contributed by atoms with Crippen LogP contribution in [-0.4, -0.2) is 11.6 Å². The fraction of sp³-hybridized carbons (Fsp3) is 0.417. The molecule has 0 heterocycles. The number of benzene rings is 2. The molecule has 0 aliphatic rings. The van der Waals surface area contributed by atoms with Crippen molar-refractivity contribution >= 4 is 11.6 Å². The first-order chi connectivity index (χ1) is 13.3. The summed E-state index contributed by atoms with van der Waals surface area (Å²) < 4.78 is 6.06. The van der Waals surface area contributed by atoms with E-state index in [-0.39, 0.29) is 5.91 Å². The minimum absolute atomic E-state index is 0.195. The molecule has 0 aromatic heterocycles. The molecule has 4 heteroatoms. The summed E-state index contributed by atoms with van der Waals surface area (Å²) in [6.07, 6.45) is 0.825. The highest BCUT2D eigenvalue weighted by Crippen LogP contribution is 2.28. The Balaban J connectivity index is 2.02. The maximum absolute atomic E-state index is 12.3. The van der Waals surface area contributed by atoms with Crippen LogP contribution in [0.5, 0.6) is 5.75 Å². The summed E-state index contributed by atoms with van der Waals surface area (Å²) in [5.41, 5.74) is 7.63. The van der Waals surface area contributed by atoms with Crippen LogP contribution < -0.4 is 10.2 Å². The molecule has 0 unspecified atom stereocenters. The number of nitrogens with zero attached hydrogens (tertiary/aromatic N) is 1. The summed E-state index contributed by atoms with van der Waals surface area (Å²) in [5, 5.41) is 4.24. The zero-order valence-corrected chi connectivity index (χ0v) is 17.9. The number of aryl methyl sites for hydroxylation is 1. The van der Waals surface area contributed by atoms with E-state index in [4.69, 9.17) is 4.74 Å². The number of amides is 1. The lowest BCUT2D eigenvalue weighted by atomic mass is 10.0. The van der Waals surface area contributed by atoms with E-state index >= 15 is 0 Å². The first-order valence-electron chi connectivity index (χ1n) is 10.0. The van der Waals surface area contributed by atoms with Gasteiger partial charge in [-0.3, -0.25) is 4.79 Å². The molecular formula is C24H32N2O2. The van der Waals surface area contributed by atoms with Gasteiger partial charge in [0.2, 0.25) is 0 Å². The predicted molar refractivity (Wildman–Crippen MR) is 116 cm³/mol. The van der Waals surface area contributed by atoms with Gasteiger partial charge in [0.05, 0.1) is 0 Å². The molecule has 4 nitrogen and oxygen atoms in total. The third-order valence-electron chi connectivity index (χ3n) is 4.73. The summed E-state index contributed by atoms with van der Waals surface area (Å²) in [7, 11) is 0. The van der Waals surface area contributed by atoms with Crippen LogP contribution in [0.3, 0.4) is 0 Å². The zero-order chi connectivity index (χ0) is 20.7. The fourth-order valence-electron chi connectivity index (χ4n) is 2.96. The van der Waals surface area contributed by atoms with E-state index in [0.717, 1.165) is 23.4 Å². The van der Waals surface area contributed by atoms with Crippen molar-refractivity contribution in [2.75, 3.05) is 0 Å². The minimum Gasteiger partial charge on any atom is -0.489 e. The minimum atomic E-state index is -0.195. The van der Waals surface area contributed by atoms with Crippen LogP contribution in [-0.2, 0) is 6.61 Å². The first-order valence-corrected chi connectivity index (χ1v) is 10.0. The van der Waals surface area contributed by atoms with Gasteiger partial charge in [-0.1, -0.05) is 58.9 Å². The van der Waals surface area contributed by atoms with E-state index in [0.29, 0.717) is 24.0 Å². The smallest absolute Gasteiger partial charge is 0.271 e. The van der Waals surface area contributed by atoms with Crippen molar-refractivity contribution in [3.05, 3.63) is 64.7 Å². The van der Waals surface area contributed by atoms with Gasteiger partial charge in [-0.05, 0) is 60.1 Å². The Hall–Kier alpha value is -2.62. The molecule has 0 aliphatic heterocycles. The molecule has 1 amide bonds. The highest BCUT2D eigenvalue weighted by molar-refractivity contribution is 5.95. The Bertz CT molecular complexity index is 821. The second-order valence-corrected chi connectivity index (χ2v) is 7.73. The number of hydrogen-bond acceptors (Lipinski definition) is 3. The van der Waals surface area contributed by atoms with Gasteiger partial charge in [0, 0.05) is 11.3 Å². The second-order valence-electron chi connectivity index (χ2n) is 7.73. The van der Waals surface area contributed by atoms with Gasteiger partial charge in [0.25, 0.3) is 5.91 Å². The zero-order valence-electron chi connectivity index (χ0n) is 17.9. The molecule has 0 saturated carbocycles. The largest absolute Gasteiger partial charge is 0.489 e. The van der Waals surface area contributed by atoms with Gasteiger partial charge in [0.1, 0.15) is 12.4 Å². The Kier molecular flexibility index (Phi) is 7.80. The molecule has 2 aromatic carbocycles. The Morgan fingerprint density at radius 3 is 2.32 bits per heavy atom. The highest BCUT2D eigenvalue weighted by atomic mass is 16.5. The van der Waals surface area contributed by atoms with Crippen molar-refractivity contribution in [3.8, 4) is 5.75 Å². The van der Waals surface area contributed by atoms with E-state index in [1.54, 1.807) is 0 Å². The van der Waals surface area contributed by atoms with Gasteiger partial charge < -0.3 is 4.74 Å². The van der Waals surface area contributed by atoms with E-state index < -0.39 is 0 Å².